The Kier molecular flexibility index (Phi) is 3.11. The summed E-state index contributed by atoms with van der Waals surface area (Å²) in [6, 6.07) is 7.21. The van der Waals surface area contributed by atoms with Crippen molar-refractivity contribution >= 4 is 28.1 Å². The Morgan fingerprint density at radius 1 is 1.31 bits per heavy atom. The summed E-state index contributed by atoms with van der Waals surface area (Å²) in [5.41, 5.74) is 1.57. The monoisotopic (exact) mass is 234 g/mol. The van der Waals surface area contributed by atoms with E-state index < -0.39 is 0 Å². The first-order valence-electron chi connectivity index (χ1n) is 4.66. The fraction of sp³-hybridized carbons (Fsp3) is 0.100. The molecule has 2 rings (SSSR count). The van der Waals surface area contributed by atoms with E-state index in [1.54, 1.807) is 12.1 Å². The van der Waals surface area contributed by atoms with Crippen molar-refractivity contribution in [3.05, 3.63) is 36.0 Å². The van der Waals surface area contributed by atoms with Crippen molar-refractivity contribution in [2.45, 2.75) is 0 Å². The molecule has 0 saturated heterocycles. The van der Waals surface area contributed by atoms with Gasteiger partial charge in [-0.15, -0.1) is 5.10 Å². The molecule has 1 aromatic carbocycles. The van der Waals surface area contributed by atoms with Gasteiger partial charge in [0.2, 0.25) is 0 Å². The zero-order valence-electron chi connectivity index (χ0n) is 8.60. The van der Waals surface area contributed by atoms with E-state index in [1.165, 1.54) is 6.20 Å². The van der Waals surface area contributed by atoms with E-state index >= 15 is 0 Å². The predicted molar refractivity (Wildman–Crippen MR) is 63.9 cm³/mol. The summed E-state index contributed by atoms with van der Waals surface area (Å²) in [4.78, 5) is 11.7. The van der Waals surface area contributed by atoms with E-state index in [2.05, 4.69) is 20.2 Å². The molecule has 1 amide bonds. The van der Waals surface area contributed by atoms with Gasteiger partial charge >= 0.3 is 0 Å². The molecule has 1 heterocycles. The number of carbonyl (C=O) groups excluding carboxylic acids is 1. The summed E-state index contributed by atoms with van der Waals surface area (Å²) in [5.74, 6) is -0.159. The molecule has 0 unspecified atom stereocenters. The van der Waals surface area contributed by atoms with Gasteiger partial charge in [-0.1, -0.05) is 4.49 Å². The number of anilines is 2. The van der Waals surface area contributed by atoms with Gasteiger partial charge in [0, 0.05) is 29.8 Å². The molecule has 6 heteroatoms. The van der Waals surface area contributed by atoms with E-state index in [9.17, 15) is 4.79 Å². The molecule has 1 aromatic heterocycles. The van der Waals surface area contributed by atoms with Crippen molar-refractivity contribution in [2.75, 3.05) is 17.7 Å². The second-order valence-corrected chi connectivity index (χ2v) is 3.85. The number of benzene rings is 1. The first-order chi connectivity index (χ1) is 7.79. The van der Waals surface area contributed by atoms with Crippen LogP contribution in [0.3, 0.4) is 0 Å². The lowest BCUT2D eigenvalue weighted by atomic mass is 10.2. The van der Waals surface area contributed by atoms with Crippen LogP contribution in [0.1, 0.15) is 10.4 Å². The molecule has 0 spiro atoms. The van der Waals surface area contributed by atoms with Crippen LogP contribution in [0.15, 0.2) is 30.5 Å². The summed E-state index contributed by atoms with van der Waals surface area (Å²) in [5, 5.41) is 9.98. The SMILES string of the molecule is CNc1ccc(C(=O)Nc2cnns2)cc1. The van der Waals surface area contributed by atoms with Gasteiger partial charge < -0.3 is 10.6 Å². The van der Waals surface area contributed by atoms with Crippen molar-refractivity contribution < 1.29 is 4.79 Å². The summed E-state index contributed by atoms with van der Waals surface area (Å²) in [6.45, 7) is 0. The summed E-state index contributed by atoms with van der Waals surface area (Å²) >= 11 is 1.15. The zero-order chi connectivity index (χ0) is 11.4. The summed E-state index contributed by atoms with van der Waals surface area (Å²) in [6.07, 6.45) is 1.52. The first-order valence-corrected chi connectivity index (χ1v) is 5.43. The fourth-order valence-electron chi connectivity index (χ4n) is 1.19. The number of nitrogens with zero attached hydrogens (tertiary/aromatic N) is 2. The predicted octanol–water partition coefficient (Wildman–Crippen LogP) is 1.83. The molecule has 0 atom stereocenters. The van der Waals surface area contributed by atoms with Crippen LogP contribution in [-0.2, 0) is 0 Å². The highest BCUT2D eigenvalue weighted by Gasteiger charge is 2.06. The highest BCUT2D eigenvalue weighted by molar-refractivity contribution is 7.10. The van der Waals surface area contributed by atoms with Crippen LogP contribution in [0.2, 0.25) is 0 Å². The largest absolute Gasteiger partial charge is 0.388 e. The van der Waals surface area contributed by atoms with Gasteiger partial charge in [-0.3, -0.25) is 4.79 Å². The first kappa shape index (κ1) is 10.6. The minimum Gasteiger partial charge on any atom is -0.388 e. The van der Waals surface area contributed by atoms with Crippen LogP contribution in [0.4, 0.5) is 10.7 Å². The lowest BCUT2D eigenvalue weighted by molar-refractivity contribution is 0.102. The molecule has 0 aliphatic carbocycles. The molecule has 0 aliphatic heterocycles. The highest BCUT2D eigenvalue weighted by atomic mass is 32.1. The summed E-state index contributed by atoms with van der Waals surface area (Å²) < 4.78 is 3.66. The van der Waals surface area contributed by atoms with Gasteiger partial charge in [0.25, 0.3) is 5.91 Å². The van der Waals surface area contributed by atoms with E-state index in [1.807, 2.05) is 19.2 Å². The van der Waals surface area contributed by atoms with Gasteiger partial charge in [-0.25, -0.2) is 0 Å². The molecule has 0 aliphatic rings. The van der Waals surface area contributed by atoms with Crippen LogP contribution < -0.4 is 10.6 Å². The van der Waals surface area contributed by atoms with Crippen LogP contribution in [0.25, 0.3) is 0 Å². The maximum atomic E-state index is 11.7. The van der Waals surface area contributed by atoms with Crippen LogP contribution >= 0.6 is 11.5 Å². The average Bonchev–Trinajstić information content (AvgIpc) is 2.82. The van der Waals surface area contributed by atoms with Gasteiger partial charge in [0.1, 0.15) is 5.00 Å². The quantitative estimate of drug-likeness (QED) is 0.850. The minimum absolute atomic E-state index is 0.159. The van der Waals surface area contributed by atoms with Gasteiger partial charge in [-0.05, 0) is 24.3 Å². The number of amides is 1. The fourth-order valence-corrected chi connectivity index (χ4v) is 1.61. The lowest BCUT2D eigenvalue weighted by Gasteiger charge is -2.03. The Morgan fingerprint density at radius 2 is 2.06 bits per heavy atom. The number of hydrogen-bond donors (Lipinski definition) is 2. The highest BCUT2D eigenvalue weighted by Crippen LogP contribution is 2.13. The molecule has 5 nitrogen and oxygen atoms in total. The maximum absolute atomic E-state index is 11.7. The molecule has 16 heavy (non-hydrogen) atoms. The van der Waals surface area contributed by atoms with Gasteiger partial charge in [-0.2, -0.15) is 0 Å². The smallest absolute Gasteiger partial charge is 0.256 e. The number of aromatic nitrogens is 2. The third-order valence-corrected chi connectivity index (χ3v) is 2.61. The Bertz CT molecular complexity index is 466. The Balaban J connectivity index is 2.09. The van der Waals surface area contributed by atoms with Crippen molar-refractivity contribution in [3.8, 4) is 0 Å². The molecular weight excluding hydrogens is 224 g/mol. The standard InChI is InChI=1S/C10H10N4OS/c1-11-8-4-2-7(3-5-8)10(15)13-9-6-12-14-16-9/h2-6,11H,1H3,(H,13,15). The topological polar surface area (TPSA) is 66.9 Å². The zero-order valence-corrected chi connectivity index (χ0v) is 9.41. The lowest BCUT2D eigenvalue weighted by Crippen LogP contribution is -2.10. The maximum Gasteiger partial charge on any atom is 0.256 e. The molecule has 2 N–H and O–H groups in total. The van der Waals surface area contributed by atoms with Crippen molar-refractivity contribution in [1.29, 1.82) is 0 Å². The molecule has 0 saturated carbocycles. The van der Waals surface area contributed by atoms with E-state index in [-0.39, 0.29) is 5.91 Å². The number of hydrogen-bond acceptors (Lipinski definition) is 5. The van der Waals surface area contributed by atoms with E-state index in [0.717, 1.165) is 17.2 Å². The molecule has 2 aromatic rings. The molecule has 0 fully saturated rings. The third-order valence-electron chi connectivity index (χ3n) is 2.03. The van der Waals surface area contributed by atoms with Crippen LogP contribution in [0, 0.1) is 0 Å². The molecule has 0 bridgehead atoms. The second-order valence-electron chi connectivity index (χ2n) is 3.06. The van der Waals surface area contributed by atoms with E-state index in [0.29, 0.717) is 10.6 Å². The van der Waals surface area contributed by atoms with Crippen LogP contribution in [-0.4, -0.2) is 22.5 Å². The number of carbonyl (C=O) groups is 1. The Morgan fingerprint density at radius 3 is 2.62 bits per heavy atom. The van der Waals surface area contributed by atoms with Gasteiger partial charge in [0.15, 0.2) is 0 Å². The normalized spacial score (nSPS) is 9.81. The average molecular weight is 234 g/mol. The Labute approximate surface area is 96.7 Å². The third kappa shape index (κ3) is 2.34. The van der Waals surface area contributed by atoms with Crippen molar-refractivity contribution in [3.63, 3.8) is 0 Å². The molecule has 0 radical (unpaired) electrons. The minimum atomic E-state index is -0.159. The Hall–Kier alpha value is -1.95. The molecular formula is C10H10N4OS. The van der Waals surface area contributed by atoms with Crippen molar-refractivity contribution in [2.24, 2.45) is 0 Å². The second kappa shape index (κ2) is 4.71. The number of nitrogens with one attached hydrogen (secondary N) is 2. The number of rotatable bonds is 3. The summed E-state index contributed by atoms with van der Waals surface area (Å²) in [7, 11) is 1.83. The van der Waals surface area contributed by atoms with Gasteiger partial charge in [0.05, 0.1) is 6.20 Å². The van der Waals surface area contributed by atoms with E-state index in [4.69, 9.17) is 0 Å². The molecule has 82 valence electrons. The van der Waals surface area contributed by atoms with Crippen LogP contribution in [0.5, 0.6) is 0 Å². The van der Waals surface area contributed by atoms with Crippen molar-refractivity contribution in [1.82, 2.24) is 9.59 Å².